The van der Waals surface area contributed by atoms with Crippen LogP contribution in [-0.4, -0.2) is 20.7 Å². The summed E-state index contributed by atoms with van der Waals surface area (Å²) in [5, 5.41) is 7.16. The first-order chi connectivity index (χ1) is 13.6. The van der Waals surface area contributed by atoms with Gasteiger partial charge in [-0.3, -0.25) is 4.79 Å². The maximum atomic E-state index is 13.4. The lowest BCUT2D eigenvalue weighted by atomic mass is 10.2. The minimum atomic E-state index is -0.349. The molecule has 140 valence electrons. The number of carbonyl (C=O) groups is 1. The van der Waals surface area contributed by atoms with E-state index in [-0.39, 0.29) is 11.7 Å². The monoisotopic (exact) mass is 392 g/mol. The van der Waals surface area contributed by atoms with E-state index in [1.165, 1.54) is 29.7 Å². The van der Waals surface area contributed by atoms with Crippen LogP contribution in [0, 0.1) is 12.7 Å². The number of thiazole rings is 1. The highest BCUT2D eigenvalue weighted by Crippen LogP contribution is 2.22. The SMILES string of the molecule is Cc1nc(CN(C(=O)c2cnn(-c3ccccc3)c2)c2ccc(F)cc2)cs1. The molecule has 0 fully saturated rings. The molecule has 0 saturated heterocycles. The van der Waals surface area contributed by atoms with Gasteiger partial charge in [-0.15, -0.1) is 11.3 Å². The molecule has 4 rings (SSSR count). The fraction of sp³-hybridized carbons (Fsp3) is 0.0952. The summed E-state index contributed by atoms with van der Waals surface area (Å²) in [6.07, 6.45) is 3.23. The number of hydrogen-bond donors (Lipinski definition) is 0. The van der Waals surface area contributed by atoms with Gasteiger partial charge in [0.25, 0.3) is 5.91 Å². The van der Waals surface area contributed by atoms with E-state index in [4.69, 9.17) is 0 Å². The van der Waals surface area contributed by atoms with Crippen LogP contribution >= 0.6 is 11.3 Å². The minimum absolute atomic E-state index is 0.223. The second kappa shape index (κ2) is 7.74. The Morgan fingerprint density at radius 3 is 2.57 bits per heavy atom. The highest BCUT2D eigenvalue weighted by Gasteiger charge is 2.21. The molecule has 28 heavy (non-hydrogen) atoms. The van der Waals surface area contributed by atoms with Crippen molar-refractivity contribution < 1.29 is 9.18 Å². The van der Waals surface area contributed by atoms with Crippen LogP contribution in [-0.2, 0) is 6.54 Å². The number of halogens is 1. The second-order valence-corrected chi connectivity index (χ2v) is 7.30. The van der Waals surface area contributed by atoms with Crippen molar-refractivity contribution >= 4 is 22.9 Å². The van der Waals surface area contributed by atoms with Crippen molar-refractivity contribution in [2.75, 3.05) is 4.90 Å². The standard InChI is InChI=1S/C21H17FN4OS/c1-15-24-18(14-28-15)13-25(19-9-7-17(22)8-10-19)21(27)16-11-23-26(12-16)20-5-3-2-4-6-20/h2-12,14H,13H2,1H3. The van der Waals surface area contributed by atoms with Gasteiger partial charge in [-0.1, -0.05) is 18.2 Å². The van der Waals surface area contributed by atoms with Gasteiger partial charge in [-0.2, -0.15) is 5.10 Å². The first-order valence-electron chi connectivity index (χ1n) is 8.69. The summed E-state index contributed by atoms with van der Waals surface area (Å²) >= 11 is 1.53. The highest BCUT2D eigenvalue weighted by molar-refractivity contribution is 7.09. The molecule has 7 heteroatoms. The van der Waals surface area contributed by atoms with Crippen molar-refractivity contribution in [1.29, 1.82) is 0 Å². The molecule has 0 aliphatic heterocycles. The van der Waals surface area contributed by atoms with Gasteiger partial charge in [0.15, 0.2) is 0 Å². The molecular formula is C21H17FN4OS. The summed E-state index contributed by atoms with van der Waals surface area (Å²) in [6, 6.07) is 15.4. The zero-order valence-electron chi connectivity index (χ0n) is 15.1. The van der Waals surface area contributed by atoms with Crippen LogP contribution in [0.4, 0.5) is 10.1 Å². The third kappa shape index (κ3) is 3.84. The van der Waals surface area contributed by atoms with Crippen LogP contribution in [0.3, 0.4) is 0 Å². The van der Waals surface area contributed by atoms with E-state index in [9.17, 15) is 9.18 Å². The Hall–Kier alpha value is -3.32. The number of rotatable bonds is 5. The number of anilines is 1. The van der Waals surface area contributed by atoms with E-state index in [2.05, 4.69) is 10.1 Å². The Morgan fingerprint density at radius 2 is 1.89 bits per heavy atom. The maximum absolute atomic E-state index is 13.4. The molecular weight excluding hydrogens is 375 g/mol. The van der Waals surface area contributed by atoms with E-state index in [1.807, 2.05) is 42.6 Å². The first kappa shape index (κ1) is 18.1. The fourth-order valence-corrected chi connectivity index (χ4v) is 3.46. The number of nitrogens with zero attached hydrogens (tertiary/aromatic N) is 4. The molecule has 1 amide bonds. The number of amides is 1. The fourth-order valence-electron chi connectivity index (χ4n) is 2.86. The Bertz CT molecular complexity index is 1090. The largest absolute Gasteiger partial charge is 0.302 e. The van der Waals surface area contributed by atoms with Gasteiger partial charge in [-0.05, 0) is 43.3 Å². The van der Waals surface area contributed by atoms with Crippen LogP contribution in [0.25, 0.3) is 5.69 Å². The summed E-state index contributed by atoms with van der Waals surface area (Å²) in [5.41, 5.74) is 2.70. The van der Waals surface area contributed by atoms with E-state index in [0.29, 0.717) is 17.8 Å². The average Bonchev–Trinajstić information content (AvgIpc) is 3.36. The maximum Gasteiger partial charge on any atom is 0.261 e. The number of aromatic nitrogens is 3. The molecule has 2 aromatic carbocycles. The Labute approximate surface area is 165 Å². The molecule has 0 atom stereocenters. The van der Waals surface area contributed by atoms with Crippen LogP contribution < -0.4 is 4.90 Å². The summed E-state index contributed by atoms with van der Waals surface area (Å²) in [7, 11) is 0. The van der Waals surface area contributed by atoms with Gasteiger partial charge < -0.3 is 4.90 Å². The van der Waals surface area contributed by atoms with Gasteiger partial charge in [0.1, 0.15) is 5.82 Å². The van der Waals surface area contributed by atoms with Gasteiger partial charge in [0.2, 0.25) is 0 Å². The molecule has 4 aromatic rings. The Balaban J connectivity index is 1.66. The molecule has 0 bridgehead atoms. The van der Waals surface area contributed by atoms with E-state index >= 15 is 0 Å². The van der Waals surface area contributed by atoms with Crippen LogP contribution in [0.2, 0.25) is 0 Å². The molecule has 2 aromatic heterocycles. The lowest BCUT2D eigenvalue weighted by molar-refractivity contribution is 0.0985. The molecule has 0 aliphatic carbocycles. The van der Waals surface area contributed by atoms with Gasteiger partial charge >= 0.3 is 0 Å². The van der Waals surface area contributed by atoms with Crippen molar-refractivity contribution in [1.82, 2.24) is 14.8 Å². The molecule has 0 unspecified atom stereocenters. The van der Waals surface area contributed by atoms with Crippen LogP contribution in [0.1, 0.15) is 21.1 Å². The quantitative estimate of drug-likeness (QED) is 0.498. The summed E-state index contributed by atoms with van der Waals surface area (Å²) in [4.78, 5) is 19.3. The molecule has 0 saturated carbocycles. The highest BCUT2D eigenvalue weighted by atomic mass is 32.1. The zero-order chi connectivity index (χ0) is 19.5. The predicted octanol–water partition coefficient (Wildman–Crippen LogP) is 4.62. The van der Waals surface area contributed by atoms with Crippen molar-refractivity contribution in [2.45, 2.75) is 13.5 Å². The number of benzene rings is 2. The van der Waals surface area contributed by atoms with Crippen molar-refractivity contribution in [3.63, 3.8) is 0 Å². The molecule has 5 nitrogen and oxygen atoms in total. The third-order valence-corrected chi connectivity index (χ3v) is 5.04. The Morgan fingerprint density at radius 1 is 1.14 bits per heavy atom. The summed E-state index contributed by atoms with van der Waals surface area (Å²) in [6.45, 7) is 2.22. The number of aryl methyl sites for hydroxylation is 1. The number of hydrogen-bond acceptors (Lipinski definition) is 4. The lowest BCUT2D eigenvalue weighted by Gasteiger charge is -2.21. The number of para-hydroxylation sites is 1. The summed E-state index contributed by atoms with van der Waals surface area (Å²) in [5.74, 6) is -0.572. The number of carbonyl (C=O) groups excluding carboxylic acids is 1. The summed E-state index contributed by atoms with van der Waals surface area (Å²) < 4.78 is 15.0. The van der Waals surface area contributed by atoms with Crippen molar-refractivity contribution in [3.8, 4) is 5.69 Å². The zero-order valence-corrected chi connectivity index (χ0v) is 15.9. The lowest BCUT2D eigenvalue weighted by Crippen LogP contribution is -2.30. The molecule has 0 aliphatic rings. The van der Waals surface area contributed by atoms with Crippen molar-refractivity contribution in [2.24, 2.45) is 0 Å². The van der Waals surface area contributed by atoms with Crippen LogP contribution in [0.5, 0.6) is 0 Å². The molecule has 0 N–H and O–H groups in total. The van der Waals surface area contributed by atoms with E-state index in [0.717, 1.165) is 16.4 Å². The minimum Gasteiger partial charge on any atom is -0.302 e. The van der Waals surface area contributed by atoms with Gasteiger partial charge in [-0.25, -0.2) is 14.1 Å². The van der Waals surface area contributed by atoms with Gasteiger partial charge in [0.05, 0.1) is 34.7 Å². The average molecular weight is 392 g/mol. The van der Waals surface area contributed by atoms with Gasteiger partial charge in [0, 0.05) is 17.3 Å². The third-order valence-electron chi connectivity index (χ3n) is 4.22. The normalized spacial score (nSPS) is 10.8. The molecule has 0 spiro atoms. The van der Waals surface area contributed by atoms with E-state index < -0.39 is 0 Å². The smallest absolute Gasteiger partial charge is 0.261 e. The van der Waals surface area contributed by atoms with E-state index in [1.54, 1.807) is 27.9 Å². The topological polar surface area (TPSA) is 51.0 Å². The van der Waals surface area contributed by atoms with Crippen LogP contribution in [0.15, 0.2) is 72.4 Å². The first-order valence-corrected chi connectivity index (χ1v) is 9.56. The molecule has 2 heterocycles. The predicted molar refractivity (Wildman–Crippen MR) is 107 cm³/mol. The second-order valence-electron chi connectivity index (χ2n) is 6.23. The molecule has 0 radical (unpaired) electrons. The Kier molecular flexibility index (Phi) is 4.99. The van der Waals surface area contributed by atoms with Crippen molar-refractivity contribution in [3.05, 3.63) is 94.5 Å².